The Morgan fingerprint density at radius 1 is 1.06 bits per heavy atom. The number of hydrogen-bond donors (Lipinski definition) is 2. The monoisotopic (exact) mass is 443 g/mol. The number of nitrogens with one attached hydrogen (secondary N) is 2. The van der Waals surface area contributed by atoms with Crippen LogP contribution in [-0.2, 0) is 4.74 Å². The summed E-state index contributed by atoms with van der Waals surface area (Å²) >= 11 is 0. The minimum absolute atomic E-state index is 0.309. The quantitative estimate of drug-likeness (QED) is 0.622. The number of pyridine rings is 2. The highest BCUT2D eigenvalue weighted by Gasteiger charge is 2.40. The van der Waals surface area contributed by atoms with Crippen LogP contribution in [0.25, 0.3) is 22.3 Å². The molecule has 0 spiro atoms. The minimum atomic E-state index is 0.309. The number of piperazine rings is 1. The van der Waals surface area contributed by atoms with Gasteiger partial charge in [0, 0.05) is 49.5 Å². The average molecular weight is 444 g/mol. The van der Waals surface area contributed by atoms with Gasteiger partial charge in [-0.3, -0.25) is 4.98 Å². The number of ether oxygens (including phenoxy) is 1. The van der Waals surface area contributed by atoms with Crippen LogP contribution in [0.2, 0.25) is 0 Å². The van der Waals surface area contributed by atoms with Gasteiger partial charge in [0.2, 0.25) is 0 Å². The van der Waals surface area contributed by atoms with Crippen LogP contribution in [0, 0.1) is 0 Å². The van der Waals surface area contributed by atoms with Gasteiger partial charge in [0.15, 0.2) is 5.82 Å². The van der Waals surface area contributed by atoms with Crippen LogP contribution in [-0.4, -0.2) is 64.4 Å². The van der Waals surface area contributed by atoms with Crippen LogP contribution < -0.4 is 15.5 Å². The molecule has 8 nitrogen and oxygen atoms in total. The molecular weight excluding hydrogens is 414 g/mol. The zero-order chi connectivity index (χ0) is 21.8. The van der Waals surface area contributed by atoms with Crippen LogP contribution in [0.5, 0.6) is 0 Å². The molecule has 1 aliphatic carbocycles. The molecule has 0 amide bonds. The molecule has 3 aromatic heterocycles. The van der Waals surface area contributed by atoms with Gasteiger partial charge in [-0.1, -0.05) is 0 Å². The maximum atomic E-state index is 6.01. The van der Waals surface area contributed by atoms with Crippen LogP contribution in [0.4, 0.5) is 11.6 Å². The van der Waals surface area contributed by atoms with E-state index in [4.69, 9.17) is 14.7 Å². The molecular formula is C25H29N7O. The molecule has 3 aromatic rings. The van der Waals surface area contributed by atoms with E-state index >= 15 is 0 Å². The molecule has 3 aliphatic heterocycles. The third kappa shape index (κ3) is 3.61. The van der Waals surface area contributed by atoms with Gasteiger partial charge in [0.25, 0.3) is 0 Å². The van der Waals surface area contributed by atoms with Gasteiger partial charge in [0.05, 0.1) is 30.0 Å². The molecule has 3 unspecified atom stereocenters. The van der Waals surface area contributed by atoms with Crippen LogP contribution in [0.1, 0.15) is 43.6 Å². The van der Waals surface area contributed by atoms with E-state index in [1.807, 2.05) is 24.7 Å². The number of anilines is 2. The van der Waals surface area contributed by atoms with Crippen molar-refractivity contribution in [3.05, 3.63) is 36.3 Å². The van der Waals surface area contributed by atoms with Crippen molar-refractivity contribution in [1.29, 1.82) is 0 Å². The van der Waals surface area contributed by atoms with E-state index in [1.165, 1.54) is 30.2 Å². The molecule has 1 saturated carbocycles. The molecule has 170 valence electrons. The summed E-state index contributed by atoms with van der Waals surface area (Å²) in [5.74, 6) is 3.25. The molecule has 2 N–H and O–H groups in total. The number of hydrogen-bond acceptors (Lipinski definition) is 8. The van der Waals surface area contributed by atoms with E-state index < -0.39 is 0 Å². The topological polar surface area (TPSA) is 88.1 Å². The second kappa shape index (κ2) is 7.88. The van der Waals surface area contributed by atoms with Crippen molar-refractivity contribution < 1.29 is 4.74 Å². The third-order valence-electron chi connectivity index (χ3n) is 7.51. The maximum Gasteiger partial charge on any atom is 0.162 e. The zero-order valence-electron chi connectivity index (χ0n) is 18.7. The van der Waals surface area contributed by atoms with Crippen molar-refractivity contribution in [1.82, 2.24) is 25.3 Å². The lowest BCUT2D eigenvalue weighted by atomic mass is 9.95. The Balaban J connectivity index is 1.28. The van der Waals surface area contributed by atoms with Gasteiger partial charge in [-0.25, -0.2) is 15.0 Å². The first-order valence-electron chi connectivity index (χ1n) is 12.3. The lowest BCUT2D eigenvalue weighted by Crippen LogP contribution is -2.44. The predicted molar refractivity (Wildman–Crippen MR) is 128 cm³/mol. The first kappa shape index (κ1) is 19.6. The summed E-state index contributed by atoms with van der Waals surface area (Å²) in [6.45, 7) is 3.84. The zero-order valence-corrected chi connectivity index (χ0v) is 18.7. The second-order valence-corrected chi connectivity index (χ2v) is 9.80. The average Bonchev–Trinajstić information content (AvgIpc) is 3.51. The fourth-order valence-electron chi connectivity index (χ4n) is 5.66. The minimum Gasteiger partial charge on any atom is -0.373 e. The van der Waals surface area contributed by atoms with Gasteiger partial charge >= 0.3 is 0 Å². The fraction of sp³-hybridized carbons (Fsp3) is 0.520. The summed E-state index contributed by atoms with van der Waals surface area (Å²) in [4.78, 5) is 21.7. The van der Waals surface area contributed by atoms with Gasteiger partial charge in [0.1, 0.15) is 11.6 Å². The maximum absolute atomic E-state index is 6.01. The Morgan fingerprint density at radius 2 is 1.97 bits per heavy atom. The van der Waals surface area contributed by atoms with E-state index in [9.17, 15) is 0 Å². The van der Waals surface area contributed by atoms with Crippen molar-refractivity contribution in [3.8, 4) is 11.4 Å². The summed E-state index contributed by atoms with van der Waals surface area (Å²) in [5, 5.41) is 8.25. The molecule has 2 bridgehead atoms. The van der Waals surface area contributed by atoms with E-state index in [-0.39, 0.29) is 0 Å². The van der Waals surface area contributed by atoms with Gasteiger partial charge < -0.3 is 20.3 Å². The molecule has 4 aliphatic rings. The molecule has 3 saturated heterocycles. The van der Waals surface area contributed by atoms with Crippen molar-refractivity contribution >= 4 is 22.5 Å². The molecule has 3 atom stereocenters. The van der Waals surface area contributed by atoms with Crippen molar-refractivity contribution in [2.45, 2.75) is 56.3 Å². The lowest BCUT2D eigenvalue weighted by molar-refractivity contribution is 0.102. The normalized spacial score (nSPS) is 26.8. The standard InChI is InChI=1S/C25H29N7O/c1-2-15(1)18-13-27-14-20-23(18)25(32-9-7-26-8-10-32)31-24(30-20)16-5-6-28-22(11-16)29-19-12-17-3-4-21(19)33-17/h5-6,11,13-15,17,19,21,26H,1-4,7-10,12H2,(H,28,29). The number of rotatable bonds is 5. The first-order valence-corrected chi connectivity index (χ1v) is 12.3. The highest BCUT2D eigenvalue weighted by molar-refractivity contribution is 5.94. The number of aromatic nitrogens is 4. The lowest BCUT2D eigenvalue weighted by Gasteiger charge is -2.30. The molecule has 6 heterocycles. The highest BCUT2D eigenvalue weighted by atomic mass is 16.5. The Labute approximate surface area is 193 Å². The van der Waals surface area contributed by atoms with E-state index in [0.29, 0.717) is 24.2 Å². The molecule has 0 aromatic carbocycles. The summed E-state index contributed by atoms with van der Waals surface area (Å²) in [6, 6.07) is 4.42. The fourth-order valence-corrected chi connectivity index (χ4v) is 5.66. The summed E-state index contributed by atoms with van der Waals surface area (Å²) in [6.07, 6.45) is 12.3. The number of fused-ring (bicyclic) bond motifs is 3. The van der Waals surface area contributed by atoms with Crippen LogP contribution in [0.3, 0.4) is 0 Å². The molecule has 8 heteroatoms. The third-order valence-corrected chi connectivity index (χ3v) is 7.51. The molecule has 0 radical (unpaired) electrons. The van der Waals surface area contributed by atoms with Crippen LogP contribution >= 0.6 is 0 Å². The molecule has 7 rings (SSSR count). The predicted octanol–water partition coefficient (Wildman–Crippen LogP) is 3.11. The Kier molecular flexibility index (Phi) is 4.69. The SMILES string of the molecule is c1cc(-c2nc(N3CCNCC3)c3c(C4CC4)cncc3n2)cc(NC2CC3CCC2O3)n1. The Bertz CT molecular complexity index is 1190. The molecule has 33 heavy (non-hydrogen) atoms. The van der Waals surface area contributed by atoms with E-state index in [2.05, 4.69) is 31.6 Å². The number of nitrogens with zero attached hydrogens (tertiary/aromatic N) is 5. The van der Waals surface area contributed by atoms with Crippen molar-refractivity contribution in [2.75, 3.05) is 36.4 Å². The highest BCUT2D eigenvalue weighted by Crippen LogP contribution is 2.45. The Morgan fingerprint density at radius 3 is 2.76 bits per heavy atom. The smallest absolute Gasteiger partial charge is 0.162 e. The van der Waals surface area contributed by atoms with Gasteiger partial charge in [-0.05, 0) is 55.7 Å². The second-order valence-electron chi connectivity index (χ2n) is 9.80. The summed E-state index contributed by atoms with van der Waals surface area (Å²) < 4.78 is 6.01. The molecule has 4 fully saturated rings. The van der Waals surface area contributed by atoms with Crippen molar-refractivity contribution in [2.24, 2.45) is 0 Å². The van der Waals surface area contributed by atoms with E-state index in [1.54, 1.807) is 0 Å². The van der Waals surface area contributed by atoms with Crippen LogP contribution in [0.15, 0.2) is 30.7 Å². The summed E-state index contributed by atoms with van der Waals surface area (Å²) in [5.41, 5.74) is 3.22. The van der Waals surface area contributed by atoms with Crippen molar-refractivity contribution in [3.63, 3.8) is 0 Å². The van der Waals surface area contributed by atoms with Gasteiger partial charge in [-0.2, -0.15) is 0 Å². The Hall–Kier alpha value is -2.84. The first-order chi connectivity index (χ1) is 16.3. The summed E-state index contributed by atoms with van der Waals surface area (Å²) in [7, 11) is 0. The van der Waals surface area contributed by atoms with E-state index in [0.717, 1.165) is 67.6 Å². The largest absolute Gasteiger partial charge is 0.373 e. The van der Waals surface area contributed by atoms with Gasteiger partial charge in [-0.15, -0.1) is 0 Å².